The fraction of sp³-hybridized carbons (Fsp3) is 0.133. The molecule has 0 bridgehead atoms. The third-order valence-corrected chi connectivity index (χ3v) is 5.04. The molecule has 0 saturated carbocycles. The summed E-state index contributed by atoms with van der Waals surface area (Å²) in [4.78, 5) is 11.9. The molecular weight excluding hydrogens is 336 g/mol. The molecule has 8 heteroatoms. The fourth-order valence-electron chi connectivity index (χ4n) is 2.11. The molecule has 0 aliphatic carbocycles. The number of carbonyl (C=O) groups is 1. The molecule has 1 aromatic heterocycles. The van der Waals surface area contributed by atoms with Gasteiger partial charge in [-0.25, -0.2) is 0 Å². The Morgan fingerprint density at radius 2 is 1.91 bits per heavy atom. The van der Waals surface area contributed by atoms with Crippen molar-refractivity contribution in [3.63, 3.8) is 0 Å². The van der Waals surface area contributed by atoms with E-state index < -0.39 is 10.1 Å². The van der Waals surface area contributed by atoms with Crippen LogP contribution in [0.1, 0.15) is 23.7 Å². The zero-order valence-corrected chi connectivity index (χ0v) is 13.7. The molecule has 2 aromatic carbocycles. The Morgan fingerprint density at radius 1 is 1.13 bits per heavy atom. The van der Waals surface area contributed by atoms with Gasteiger partial charge in [0, 0.05) is 6.42 Å². The highest BCUT2D eigenvalue weighted by Crippen LogP contribution is 2.27. The van der Waals surface area contributed by atoms with Crippen molar-refractivity contribution in [2.24, 2.45) is 0 Å². The second-order valence-electron chi connectivity index (χ2n) is 4.70. The average molecular weight is 348 g/mol. The summed E-state index contributed by atoms with van der Waals surface area (Å²) in [5.41, 5.74) is 0.983. The highest BCUT2D eigenvalue weighted by molar-refractivity contribution is 7.87. The van der Waals surface area contributed by atoms with Crippen LogP contribution >= 0.6 is 11.7 Å². The van der Waals surface area contributed by atoms with Crippen LogP contribution in [0.4, 0.5) is 0 Å². The van der Waals surface area contributed by atoms with E-state index in [-0.39, 0.29) is 33.9 Å². The topological polar surface area (TPSA) is 86.2 Å². The van der Waals surface area contributed by atoms with E-state index in [9.17, 15) is 13.2 Å². The molecule has 0 aliphatic heterocycles. The Hall–Kier alpha value is -2.32. The monoisotopic (exact) mass is 348 g/mol. The van der Waals surface area contributed by atoms with E-state index in [1.165, 1.54) is 12.1 Å². The number of fused-ring (bicyclic) bond motifs is 1. The lowest BCUT2D eigenvalue weighted by Crippen LogP contribution is -2.12. The van der Waals surface area contributed by atoms with Gasteiger partial charge in [-0.2, -0.15) is 17.2 Å². The number of aromatic nitrogens is 2. The molecule has 3 rings (SSSR count). The Balaban J connectivity index is 2.06. The van der Waals surface area contributed by atoms with Crippen LogP contribution in [0.3, 0.4) is 0 Å². The maximum absolute atomic E-state index is 12.6. The molecular formula is C15H12N2O4S2. The number of para-hydroxylation sites is 1. The number of benzene rings is 2. The van der Waals surface area contributed by atoms with Gasteiger partial charge in [-0.3, -0.25) is 4.79 Å². The highest BCUT2D eigenvalue weighted by Gasteiger charge is 2.24. The summed E-state index contributed by atoms with van der Waals surface area (Å²) in [6, 6.07) is 10.9. The van der Waals surface area contributed by atoms with Crippen LogP contribution in [0.2, 0.25) is 0 Å². The van der Waals surface area contributed by atoms with Crippen molar-refractivity contribution >= 4 is 38.7 Å². The van der Waals surface area contributed by atoms with Crippen molar-refractivity contribution < 1.29 is 17.4 Å². The summed E-state index contributed by atoms with van der Waals surface area (Å²) in [5, 5.41) is 0. The Labute approximate surface area is 137 Å². The lowest BCUT2D eigenvalue weighted by atomic mass is 10.1. The van der Waals surface area contributed by atoms with Crippen LogP contribution in [-0.2, 0) is 10.1 Å². The number of Topliss-reactive ketones (excluding diaryl/α,β-unsaturated/α-hetero) is 1. The molecule has 0 fully saturated rings. The Kier molecular flexibility index (Phi) is 4.10. The zero-order chi connectivity index (χ0) is 16.4. The van der Waals surface area contributed by atoms with Crippen molar-refractivity contribution in [2.75, 3.05) is 0 Å². The standard InChI is InChI=1S/C15H12N2O4S2/c1-2-12(18)10-6-3-4-8-13(10)21-23(19,20)14-9-5-7-11-15(14)17-22-16-11/h3-9H,2H2,1H3. The van der Waals surface area contributed by atoms with Crippen LogP contribution < -0.4 is 4.18 Å². The second-order valence-corrected chi connectivity index (χ2v) is 6.74. The van der Waals surface area contributed by atoms with Gasteiger partial charge in [0.25, 0.3) is 0 Å². The average Bonchev–Trinajstić information content (AvgIpc) is 3.02. The minimum absolute atomic E-state index is 0.0135. The highest BCUT2D eigenvalue weighted by atomic mass is 32.2. The first-order valence-electron chi connectivity index (χ1n) is 6.81. The molecule has 0 amide bonds. The van der Waals surface area contributed by atoms with Crippen molar-refractivity contribution in [1.82, 2.24) is 8.75 Å². The van der Waals surface area contributed by atoms with Gasteiger partial charge in [-0.1, -0.05) is 25.1 Å². The third-order valence-electron chi connectivity index (χ3n) is 3.23. The second kappa shape index (κ2) is 6.05. The first-order chi connectivity index (χ1) is 11.0. The Morgan fingerprint density at radius 3 is 2.70 bits per heavy atom. The minimum atomic E-state index is -4.12. The molecule has 0 atom stereocenters. The van der Waals surface area contributed by atoms with Gasteiger partial charge in [0.2, 0.25) is 0 Å². The van der Waals surface area contributed by atoms with Gasteiger partial charge in [0.15, 0.2) is 11.5 Å². The number of nitrogens with zero attached hydrogens (tertiary/aromatic N) is 2. The first-order valence-corrected chi connectivity index (χ1v) is 8.95. The fourth-order valence-corrected chi connectivity index (χ4v) is 3.82. The van der Waals surface area contributed by atoms with E-state index >= 15 is 0 Å². The van der Waals surface area contributed by atoms with Crippen LogP contribution in [-0.4, -0.2) is 22.9 Å². The lowest BCUT2D eigenvalue weighted by Gasteiger charge is -2.10. The van der Waals surface area contributed by atoms with Crippen molar-refractivity contribution in [1.29, 1.82) is 0 Å². The summed E-state index contributed by atoms with van der Waals surface area (Å²) in [5.74, 6) is -0.177. The number of hydrogen-bond acceptors (Lipinski definition) is 7. The molecule has 3 aromatic rings. The van der Waals surface area contributed by atoms with Gasteiger partial charge < -0.3 is 4.18 Å². The number of hydrogen-bond donors (Lipinski definition) is 0. The van der Waals surface area contributed by atoms with Gasteiger partial charge in [0.05, 0.1) is 17.3 Å². The summed E-state index contributed by atoms with van der Waals surface area (Å²) >= 11 is 0.927. The van der Waals surface area contributed by atoms with Crippen LogP contribution in [0.25, 0.3) is 11.0 Å². The largest absolute Gasteiger partial charge is 0.378 e. The predicted molar refractivity (Wildman–Crippen MR) is 86.3 cm³/mol. The van der Waals surface area contributed by atoms with Gasteiger partial charge >= 0.3 is 10.1 Å². The minimum Gasteiger partial charge on any atom is -0.378 e. The first kappa shape index (κ1) is 15.6. The number of rotatable bonds is 5. The molecule has 0 N–H and O–H groups in total. The van der Waals surface area contributed by atoms with Crippen molar-refractivity contribution in [3.8, 4) is 5.75 Å². The summed E-state index contributed by atoms with van der Waals surface area (Å²) in [6.45, 7) is 1.70. The maximum Gasteiger partial charge on any atom is 0.341 e. The van der Waals surface area contributed by atoms with Gasteiger partial charge in [-0.05, 0) is 24.3 Å². The summed E-state index contributed by atoms with van der Waals surface area (Å²) in [7, 11) is -4.12. The van der Waals surface area contributed by atoms with E-state index in [2.05, 4.69) is 8.75 Å². The van der Waals surface area contributed by atoms with Gasteiger partial charge in [0.1, 0.15) is 15.9 Å². The molecule has 118 valence electrons. The summed E-state index contributed by atoms with van der Waals surface area (Å²) < 4.78 is 38.4. The van der Waals surface area contributed by atoms with E-state index in [1.807, 2.05) is 0 Å². The predicted octanol–water partition coefficient (Wildman–Crippen LogP) is 3.05. The van der Waals surface area contributed by atoms with Crippen molar-refractivity contribution in [3.05, 3.63) is 48.0 Å². The molecule has 23 heavy (non-hydrogen) atoms. The maximum atomic E-state index is 12.6. The molecule has 6 nitrogen and oxygen atoms in total. The molecule has 1 heterocycles. The van der Waals surface area contributed by atoms with E-state index in [4.69, 9.17) is 4.18 Å². The van der Waals surface area contributed by atoms with E-state index in [0.29, 0.717) is 5.52 Å². The smallest absolute Gasteiger partial charge is 0.341 e. The van der Waals surface area contributed by atoms with E-state index in [1.54, 1.807) is 37.3 Å². The molecule has 0 spiro atoms. The zero-order valence-electron chi connectivity index (χ0n) is 12.1. The number of ketones is 1. The normalized spacial score (nSPS) is 11.5. The third kappa shape index (κ3) is 2.95. The Bertz CT molecular complexity index is 980. The molecule has 0 saturated heterocycles. The number of carbonyl (C=O) groups excluding carboxylic acids is 1. The van der Waals surface area contributed by atoms with Crippen molar-refractivity contribution in [2.45, 2.75) is 18.2 Å². The molecule has 0 unspecified atom stereocenters. The van der Waals surface area contributed by atoms with Crippen LogP contribution in [0.5, 0.6) is 5.75 Å². The summed E-state index contributed by atoms with van der Waals surface area (Å²) in [6.07, 6.45) is 0.256. The molecule has 0 radical (unpaired) electrons. The SMILES string of the molecule is CCC(=O)c1ccccc1OS(=O)(=O)c1cccc2nsnc12. The quantitative estimate of drug-likeness (QED) is 0.520. The lowest BCUT2D eigenvalue weighted by molar-refractivity contribution is 0.0986. The van der Waals surface area contributed by atoms with Gasteiger partial charge in [-0.15, -0.1) is 0 Å². The molecule has 0 aliphatic rings. The van der Waals surface area contributed by atoms with Crippen LogP contribution in [0, 0.1) is 0 Å². The van der Waals surface area contributed by atoms with Crippen LogP contribution in [0.15, 0.2) is 47.4 Å². The van der Waals surface area contributed by atoms with E-state index in [0.717, 1.165) is 11.7 Å².